The van der Waals surface area contributed by atoms with Gasteiger partial charge in [-0.05, 0) is 30.2 Å². The quantitative estimate of drug-likeness (QED) is 0.402. The minimum absolute atomic E-state index is 0.0283. The molecule has 156 valence electrons. The summed E-state index contributed by atoms with van der Waals surface area (Å²) < 4.78 is 9.44. The number of nitrogens with one attached hydrogen (secondary N) is 2. The van der Waals surface area contributed by atoms with Crippen LogP contribution in [0.5, 0.6) is 0 Å². The second-order valence-corrected chi connectivity index (χ2v) is 6.76. The fourth-order valence-corrected chi connectivity index (χ4v) is 2.37. The lowest BCUT2D eigenvalue weighted by Crippen LogP contribution is -2.16. The molecule has 2 aromatic heterocycles. The summed E-state index contributed by atoms with van der Waals surface area (Å²) in [6, 6.07) is 6.28. The van der Waals surface area contributed by atoms with Crippen molar-refractivity contribution in [1.82, 2.24) is 19.9 Å². The summed E-state index contributed by atoms with van der Waals surface area (Å²) in [5.41, 5.74) is 6.65. The van der Waals surface area contributed by atoms with E-state index < -0.39 is 17.7 Å². The highest BCUT2D eigenvalue weighted by Gasteiger charge is 2.14. The van der Waals surface area contributed by atoms with Crippen LogP contribution in [0.25, 0.3) is 11.2 Å². The molecule has 0 atom stereocenters. The van der Waals surface area contributed by atoms with Gasteiger partial charge in [0.2, 0.25) is 5.95 Å². The second kappa shape index (κ2) is 8.99. The molecule has 1 aromatic carbocycles. The Balaban J connectivity index is 1.59. The van der Waals surface area contributed by atoms with E-state index in [4.69, 9.17) is 10.5 Å². The van der Waals surface area contributed by atoms with Crippen LogP contribution in [0.4, 0.5) is 16.4 Å². The van der Waals surface area contributed by atoms with E-state index in [1.54, 1.807) is 12.1 Å². The van der Waals surface area contributed by atoms with Crippen molar-refractivity contribution in [3.05, 3.63) is 52.1 Å². The molecule has 0 unspecified atom stereocenters. The molecule has 0 saturated carbocycles. The number of benzene rings is 1. The van der Waals surface area contributed by atoms with Crippen molar-refractivity contribution in [3.63, 3.8) is 0 Å². The van der Waals surface area contributed by atoms with E-state index in [1.807, 2.05) is 13.8 Å². The van der Waals surface area contributed by atoms with Gasteiger partial charge in [0.15, 0.2) is 11.2 Å². The molecule has 0 bridgehead atoms. The number of nitrogens with zero attached hydrogens (tertiary/aromatic N) is 3. The van der Waals surface area contributed by atoms with E-state index in [0.717, 1.165) is 0 Å². The number of hydrogen-bond acceptors (Lipinski definition) is 10. The Bertz CT molecular complexity index is 1130. The number of nitrogen functional groups attached to an aromatic ring is 1. The van der Waals surface area contributed by atoms with Crippen LogP contribution in [0, 0.1) is 5.92 Å². The molecule has 0 saturated heterocycles. The number of fused-ring (bicyclic) bond motifs is 1. The molecule has 2 heterocycles. The average molecular weight is 412 g/mol. The third kappa shape index (κ3) is 5.28. The zero-order valence-electron chi connectivity index (χ0n) is 16.3. The Labute approximate surface area is 170 Å². The molecule has 0 aliphatic heterocycles. The van der Waals surface area contributed by atoms with Crippen LogP contribution in [-0.2, 0) is 16.0 Å². The maximum Gasteiger partial charge on any atom is 0.516 e. The molecule has 0 aliphatic carbocycles. The van der Waals surface area contributed by atoms with Crippen LogP contribution in [0.1, 0.15) is 29.9 Å². The molecule has 0 spiro atoms. The van der Waals surface area contributed by atoms with Crippen LogP contribution in [0.2, 0.25) is 0 Å². The van der Waals surface area contributed by atoms with Crippen molar-refractivity contribution in [3.8, 4) is 0 Å². The standard InChI is InChI=1S/C19H20N6O5/c1-10(2)9-29-19(28)30-17(27)11-3-5-12(6-4-11)21-7-13-8-22-15-14(23-13)16(26)25-18(20)24-15/h3-6,8,10,21H,7,9H2,1-2H3,(H3,20,22,24,25,26). The van der Waals surface area contributed by atoms with E-state index in [-0.39, 0.29) is 41.7 Å². The summed E-state index contributed by atoms with van der Waals surface area (Å²) in [5, 5.41) is 3.09. The lowest BCUT2D eigenvalue weighted by atomic mass is 10.2. The second-order valence-electron chi connectivity index (χ2n) is 6.76. The average Bonchev–Trinajstić information content (AvgIpc) is 2.71. The van der Waals surface area contributed by atoms with Gasteiger partial charge in [0.1, 0.15) is 0 Å². The molecule has 3 aromatic rings. The van der Waals surface area contributed by atoms with Crippen molar-refractivity contribution in [1.29, 1.82) is 0 Å². The molecule has 11 heteroatoms. The maximum absolute atomic E-state index is 12.0. The Morgan fingerprint density at radius 2 is 1.93 bits per heavy atom. The van der Waals surface area contributed by atoms with Gasteiger partial charge >= 0.3 is 12.1 Å². The number of nitrogens with two attached hydrogens (primary N) is 1. The number of hydrogen-bond donors (Lipinski definition) is 3. The molecule has 3 rings (SSSR count). The normalized spacial score (nSPS) is 10.8. The van der Waals surface area contributed by atoms with E-state index in [0.29, 0.717) is 11.4 Å². The topological polar surface area (TPSA) is 162 Å². The summed E-state index contributed by atoms with van der Waals surface area (Å²) in [6.07, 6.45) is 0.451. The van der Waals surface area contributed by atoms with Crippen LogP contribution in [0.15, 0.2) is 35.3 Å². The smallest absolute Gasteiger partial charge is 0.434 e. The molecular formula is C19H20N6O5. The maximum atomic E-state index is 12.0. The van der Waals surface area contributed by atoms with Crippen LogP contribution >= 0.6 is 0 Å². The fraction of sp³-hybridized carbons (Fsp3) is 0.263. The van der Waals surface area contributed by atoms with Gasteiger partial charge in [0.25, 0.3) is 5.56 Å². The van der Waals surface area contributed by atoms with Crippen LogP contribution in [0.3, 0.4) is 0 Å². The number of carbonyl (C=O) groups excluding carboxylic acids is 2. The summed E-state index contributed by atoms with van der Waals surface area (Å²) in [5.74, 6) is -0.695. The van der Waals surface area contributed by atoms with Gasteiger partial charge in [-0.25, -0.2) is 19.6 Å². The molecule has 11 nitrogen and oxygen atoms in total. The zero-order chi connectivity index (χ0) is 21.7. The first-order valence-electron chi connectivity index (χ1n) is 9.06. The Morgan fingerprint density at radius 3 is 2.63 bits per heavy atom. The van der Waals surface area contributed by atoms with Gasteiger partial charge < -0.3 is 20.5 Å². The first-order valence-corrected chi connectivity index (χ1v) is 9.06. The van der Waals surface area contributed by atoms with Crippen molar-refractivity contribution in [2.24, 2.45) is 5.92 Å². The highest BCUT2D eigenvalue weighted by atomic mass is 16.7. The van der Waals surface area contributed by atoms with E-state index in [1.165, 1.54) is 18.3 Å². The van der Waals surface area contributed by atoms with Crippen molar-refractivity contribution in [2.75, 3.05) is 17.7 Å². The lowest BCUT2D eigenvalue weighted by Gasteiger charge is -2.08. The molecule has 0 aliphatic rings. The van der Waals surface area contributed by atoms with Gasteiger partial charge in [-0.15, -0.1) is 0 Å². The number of esters is 1. The molecule has 0 fully saturated rings. The predicted octanol–water partition coefficient (Wildman–Crippen LogP) is 1.86. The van der Waals surface area contributed by atoms with E-state index in [2.05, 4.69) is 30.0 Å². The first kappa shape index (κ1) is 20.7. The van der Waals surface area contributed by atoms with Crippen molar-refractivity contribution in [2.45, 2.75) is 20.4 Å². The first-order chi connectivity index (χ1) is 14.3. The van der Waals surface area contributed by atoms with Crippen molar-refractivity contribution >= 4 is 34.9 Å². The Morgan fingerprint density at radius 1 is 1.20 bits per heavy atom. The number of H-pyrrole nitrogens is 1. The minimum atomic E-state index is -1.03. The largest absolute Gasteiger partial charge is 0.516 e. The number of aromatic amines is 1. The van der Waals surface area contributed by atoms with E-state index in [9.17, 15) is 14.4 Å². The highest BCUT2D eigenvalue weighted by molar-refractivity contribution is 5.95. The zero-order valence-corrected chi connectivity index (χ0v) is 16.3. The summed E-state index contributed by atoms with van der Waals surface area (Å²) in [6.45, 7) is 4.18. The number of ether oxygens (including phenoxy) is 2. The molecule has 30 heavy (non-hydrogen) atoms. The summed E-state index contributed by atoms with van der Waals surface area (Å²) in [4.78, 5) is 49.9. The minimum Gasteiger partial charge on any atom is -0.434 e. The fourth-order valence-electron chi connectivity index (χ4n) is 2.37. The SMILES string of the molecule is CC(C)COC(=O)OC(=O)c1ccc(NCc2cnc3nc(N)[nH]c(=O)c3n2)cc1. The highest BCUT2D eigenvalue weighted by Crippen LogP contribution is 2.13. The van der Waals surface area contributed by atoms with E-state index >= 15 is 0 Å². The monoisotopic (exact) mass is 412 g/mol. The van der Waals surface area contributed by atoms with Gasteiger partial charge in [-0.1, -0.05) is 13.8 Å². The molecule has 4 N–H and O–H groups in total. The van der Waals surface area contributed by atoms with Gasteiger partial charge in [0.05, 0.1) is 30.6 Å². The number of anilines is 2. The van der Waals surface area contributed by atoms with Crippen LogP contribution < -0.4 is 16.6 Å². The molecule has 0 radical (unpaired) electrons. The third-order valence-electron chi connectivity index (χ3n) is 3.79. The van der Waals surface area contributed by atoms with Gasteiger partial charge in [-0.3, -0.25) is 9.78 Å². The lowest BCUT2D eigenvalue weighted by molar-refractivity contribution is 0.0351. The Hall–Kier alpha value is -4.02. The number of rotatable bonds is 6. The van der Waals surface area contributed by atoms with Gasteiger partial charge in [-0.2, -0.15) is 4.98 Å². The Kier molecular flexibility index (Phi) is 6.20. The van der Waals surface area contributed by atoms with Crippen LogP contribution in [-0.4, -0.2) is 38.7 Å². The number of aromatic nitrogens is 4. The number of carbonyl (C=O) groups is 2. The predicted molar refractivity (Wildman–Crippen MR) is 108 cm³/mol. The summed E-state index contributed by atoms with van der Waals surface area (Å²) in [7, 11) is 0. The molecule has 0 amide bonds. The van der Waals surface area contributed by atoms with Crippen molar-refractivity contribution < 1.29 is 19.1 Å². The third-order valence-corrected chi connectivity index (χ3v) is 3.79. The van der Waals surface area contributed by atoms with Gasteiger partial charge in [0, 0.05) is 5.69 Å². The molecular weight excluding hydrogens is 392 g/mol. The summed E-state index contributed by atoms with van der Waals surface area (Å²) >= 11 is 0.